The molecule has 1 aliphatic heterocycles. The van der Waals surface area contributed by atoms with Crippen LogP contribution < -0.4 is 10.6 Å². The van der Waals surface area contributed by atoms with Crippen molar-refractivity contribution in [3.05, 3.63) is 131 Å². The average molecular weight is 582 g/mol. The van der Waals surface area contributed by atoms with Gasteiger partial charge in [-0.2, -0.15) is 0 Å². The molecule has 7 heteroatoms. The van der Waals surface area contributed by atoms with E-state index in [0.29, 0.717) is 12.5 Å². The summed E-state index contributed by atoms with van der Waals surface area (Å²) in [5, 5.41) is 0.545. The molecular formula is C33H33F4NP2. The number of halogens is 4. The summed E-state index contributed by atoms with van der Waals surface area (Å²) >= 11 is 0. The number of rotatable bonds is 9. The standard InChI is InChI=1S/C33H33F4NP2/c1-2-3-20-38(40(32-18-15-27(34)21-29(32)36)33-19-16-28(35)22-30(33)37)39-23-26(24-10-6-4-7-11-24)14-17-31(39)25-12-8-5-9-13-25/h4-13,15-16,18-19,21-22,26,31H,2-3,14,17,20,23H2,1H3/t26-,31+,39?/m1/s1. The van der Waals surface area contributed by atoms with Crippen LogP contribution in [0.4, 0.5) is 17.6 Å². The first-order chi connectivity index (χ1) is 19.5. The van der Waals surface area contributed by atoms with Gasteiger partial charge in [-0.25, -0.2) is 17.6 Å². The quantitative estimate of drug-likeness (QED) is 0.141. The number of hydrogen-bond donors (Lipinski definition) is 0. The average Bonchev–Trinajstić information content (AvgIpc) is 2.97. The van der Waals surface area contributed by atoms with Crippen LogP contribution in [0, 0.1) is 23.3 Å². The second-order valence-electron chi connectivity index (χ2n) is 10.2. The zero-order valence-electron chi connectivity index (χ0n) is 22.5. The summed E-state index contributed by atoms with van der Waals surface area (Å²) < 4.78 is 61.6. The number of nitrogens with zero attached hydrogens (tertiary/aromatic N) is 1. The highest BCUT2D eigenvalue weighted by Gasteiger charge is 2.40. The highest BCUT2D eigenvalue weighted by Crippen LogP contribution is 2.68. The predicted molar refractivity (Wildman–Crippen MR) is 160 cm³/mol. The summed E-state index contributed by atoms with van der Waals surface area (Å²) in [7, 11) is -2.68. The first kappa shape index (κ1) is 28.9. The van der Waals surface area contributed by atoms with Gasteiger partial charge in [-0.3, -0.25) is 4.44 Å². The molecular weight excluding hydrogens is 548 g/mol. The Kier molecular flexibility index (Phi) is 9.68. The molecule has 1 aliphatic rings. The molecule has 0 saturated carbocycles. The molecule has 1 nitrogen and oxygen atoms in total. The molecule has 1 fully saturated rings. The third-order valence-corrected chi connectivity index (χ3v) is 13.9. The van der Waals surface area contributed by atoms with E-state index in [1.54, 1.807) is 0 Å². The van der Waals surface area contributed by atoms with Gasteiger partial charge in [-0.15, -0.1) is 0 Å². The van der Waals surface area contributed by atoms with Gasteiger partial charge in [-0.1, -0.05) is 74.0 Å². The molecule has 208 valence electrons. The lowest BCUT2D eigenvalue weighted by molar-refractivity contribution is 0.555. The Morgan fingerprint density at radius 3 is 1.80 bits per heavy atom. The Balaban J connectivity index is 1.67. The largest absolute Gasteiger partial charge is 0.252 e. The van der Waals surface area contributed by atoms with Gasteiger partial charge in [0, 0.05) is 43.0 Å². The fourth-order valence-electron chi connectivity index (χ4n) is 5.55. The van der Waals surface area contributed by atoms with E-state index in [4.69, 9.17) is 0 Å². The molecule has 0 spiro atoms. The summed E-state index contributed by atoms with van der Waals surface area (Å²) in [4.78, 5) is 0. The van der Waals surface area contributed by atoms with Crippen molar-refractivity contribution in [1.29, 1.82) is 0 Å². The van der Waals surface area contributed by atoms with Gasteiger partial charge in [0.1, 0.15) is 23.3 Å². The second-order valence-corrected chi connectivity index (χ2v) is 14.9. The fraction of sp³-hybridized carbons (Fsp3) is 0.273. The van der Waals surface area contributed by atoms with E-state index in [9.17, 15) is 8.78 Å². The molecule has 5 rings (SSSR count). The molecule has 0 aromatic heterocycles. The minimum atomic E-state index is -1.74. The number of benzene rings is 4. The lowest BCUT2D eigenvalue weighted by Gasteiger charge is -2.46. The third-order valence-electron chi connectivity index (χ3n) is 7.53. The molecule has 1 unspecified atom stereocenters. The van der Waals surface area contributed by atoms with Gasteiger partial charge >= 0.3 is 0 Å². The summed E-state index contributed by atoms with van der Waals surface area (Å²) in [5.41, 5.74) is 2.72. The monoisotopic (exact) mass is 581 g/mol. The van der Waals surface area contributed by atoms with E-state index >= 15 is 8.78 Å². The second kappa shape index (κ2) is 13.4. The molecule has 0 radical (unpaired) electrons. The maximum Gasteiger partial charge on any atom is 0.135 e. The minimum Gasteiger partial charge on any atom is -0.252 e. The highest BCUT2D eigenvalue weighted by atomic mass is 31.2. The van der Waals surface area contributed by atoms with Crippen LogP contribution in [0.5, 0.6) is 0 Å². The lowest BCUT2D eigenvalue weighted by atomic mass is 9.93. The number of unbranched alkanes of at least 4 members (excludes halogenated alkanes) is 1. The highest BCUT2D eigenvalue weighted by molar-refractivity contribution is 7.79. The Morgan fingerprint density at radius 1 is 0.725 bits per heavy atom. The molecule has 0 bridgehead atoms. The maximum atomic E-state index is 15.6. The predicted octanol–water partition coefficient (Wildman–Crippen LogP) is 9.41. The van der Waals surface area contributed by atoms with Gasteiger partial charge in [0.25, 0.3) is 0 Å². The third kappa shape index (κ3) is 6.49. The zero-order valence-corrected chi connectivity index (χ0v) is 24.3. The molecule has 4 aromatic rings. The summed E-state index contributed by atoms with van der Waals surface area (Å²) in [6.07, 6.45) is 4.63. The van der Waals surface area contributed by atoms with Crippen LogP contribution >= 0.6 is 16.1 Å². The van der Waals surface area contributed by atoms with Crippen LogP contribution in [0.15, 0.2) is 97.1 Å². The van der Waals surface area contributed by atoms with Gasteiger partial charge < -0.3 is 0 Å². The van der Waals surface area contributed by atoms with Gasteiger partial charge in [0.2, 0.25) is 0 Å². The van der Waals surface area contributed by atoms with Crippen LogP contribution in [0.3, 0.4) is 0 Å². The van der Waals surface area contributed by atoms with E-state index in [1.807, 2.05) is 24.3 Å². The van der Waals surface area contributed by atoms with E-state index in [-0.39, 0.29) is 16.3 Å². The Hall–Kier alpha value is -2.58. The Morgan fingerprint density at radius 2 is 1.27 bits per heavy atom. The molecule has 0 amide bonds. The topological polar surface area (TPSA) is 3.24 Å². The molecule has 1 saturated heterocycles. The summed E-state index contributed by atoms with van der Waals surface area (Å²) in [6.45, 7) is 2.75. The van der Waals surface area contributed by atoms with Crippen LogP contribution in [-0.4, -0.2) is 17.1 Å². The van der Waals surface area contributed by atoms with Gasteiger partial charge in [0.05, 0.1) is 0 Å². The number of hydrogen-bond acceptors (Lipinski definition) is 1. The first-order valence-corrected chi connectivity index (χ1v) is 16.6. The van der Waals surface area contributed by atoms with Crippen molar-refractivity contribution in [3.63, 3.8) is 0 Å². The molecule has 0 N–H and O–H groups in total. The Labute approximate surface area is 236 Å². The van der Waals surface area contributed by atoms with Crippen molar-refractivity contribution in [2.75, 3.05) is 12.7 Å². The van der Waals surface area contributed by atoms with E-state index < -0.39 is 39.4 Å². The van der Waals surface area contributed by atoms with Crippen LogP contribution in [0.25, 0.3) is 0 Å². The normalized spacial score (nSPS) is 19.3. The zero-order chi connectivity index (χ0) is 28.1. The smallest absolute Gasteiger partial charge is 0.135 e. The van der Waals surface area contributed by atoms with Gasteiger partial charge in [0.15, 0.2) is 0 Å². The van der Waals surface area contributed by atoms with Gasteiger partial charge in [-0.05, 0) is 74.8 Å². The van der Waals surface area contributed by atoms with Crippen molar-refractivity contribution in [2.45, 2.75) is 44.2 Å². The van der Waals surface area contributed by atoms with E-state index in [1.165, 1.54) is 35.4 Å². The summed E-state index contributed by atoms with van der Waals surface area (Å²) in [5.74, 6) is -2.42. The van der Waals surface area contributed by atoms with Crippen molar-refractivity contribution in [3.8, 4) is 0 Å². The van der Waals surface area contributed by atoms with Crippen molar-refractivity contribution >= 4 is 26.8 Å². The van der Waals surface area contributed by atoms with E-state index in [0.717, 1.165) is 44.0 Å². The van der Waals surface area contributed by atoms with Crippen LogP contribution in [0.1, 0.15) is 55.3 Å². The molecule has 3 atom stereocenters. The van der Waals surface area contributed by atoms with Crippen LogP contribution in [0.2, 0.25) is 0 Å². The van der Waals surface area contributed by atoms with Crippen molar-refractivity contribution in [2.24, 2.45) is 0 Å². The fourth-order valence-corrected chi connectivity index (χ4v) is 12.7. The SMILES string of the molecule is CCCCN(P(c1ccc(F)cc1F)c1ccc(F)cc1F)P1C[C@H](c2ccccc2)CC[C@H]1c1ccccc1. The minimum absolute atomic E-state index is 0.213. The molecule has 1 heterocycles. The van der Waals surface area contributed by atoms with E-state index in [2.05, 4.69) is 47.8 Å². The van der Waals surface area contributed by atoms with Crippen molar-refractivity contribution in [1.82, 2.24) is 4.44 Å². The molecule has 4 aromatic carbocycles. The summed E-state index contributed by atoms with van der Waals surface area (Å²) in [6, 6.07) is 28.0. The van der Waals surface area contributed by atoms with Crippen molar-refractivity contribution < 1.29 is 17.6 Å². The lowest BCUT2D eigenvalue weighted by Crippen LogP contribution is -2.33. The van der Waals surface area contributed by atoms with Crippen LogP contribution in [-0.2, 0) is 0 Å². The molecule has 40 heavy (non-hydrogen) atoms. The first-order valence-electron chi connectivity index (χ1n) is 13.8. The maximum absolute atomic E-state index is 15.6. The molecule has 0 aliphatic carbocycles. The Bertz CT molecular complexity index is 1350.